The Morgan fingerprint density at radius 3 is 2.90 bits per heavy atom. The smallest absolute Gasteiger partial charge is 0.259 e. The fraction of sp³-hybridized carbons (Fsp3) is 0.375. The van der Waals surface area contributed by atoms with Crippen molar-refractivity contribution in [1.82, 2.24) is 9.88 Å². The van der Waals surface area contributed by atoms with E-state index in [1.54, 1.807) is 11.0 Å². The minimum atomic E-state index is -0.227. The number of pyridine rings is 1. The number of fused-ring (bicyclic) bond motifs is 1. The third-order valence-corrected chi connectivity index (χ3v) is 3.80. The summed E-state index contributed by atoms with van der Waals surface area (Å²) in [6, 6.07) is 5.54. The van der Waals surface area contributed by atoms with Crippen molar-refractivity contribution in [3.63, 3.8) is 0 Å². The summed E-state index contributed by atoms with van der Waals surface area (Å²) in [7, 11) is 0. The number of likely N-dealkylation sites (tertiary alicyclic amines) is 1. The average molecular weight is 286 g/mol. The number of nitrogens with zero attached hydrogens (tertiary/aromatic N) is 1. The van der Waals surface area contributed by atoms with Crippen molar-refractivity contribution in [3.8, 4) is 0 Å². The molecule has 1 saturated heterocycles. The SMILES string of the molecule is CCOC1CN(C(=O)c2c[nH]c3cc(C)ccc3c2=O)C1. The molecule has 0 unspecified atom stereocenters. The van der Waals surface area contributed by atoms with Crippen molar-refractivity contribution < 1.29 is 9.53 Å². The van der Waals surface area contributed by atoms with Crippen molar-refractivity contribution >= 4 is 16.8 Å². The van der Waals surface area contributed by atoms with Crippen LogP contribution >= 0.6 is 0 Å². The van der Waals surface area contributed by atoms with Gasteiger partial charge in [0, 0.05) is 36.8 Å². The standard InChI is InChI=1S/C16H18N2O3/c1-3-21-11-8-18(9-11)16(20)13-7-17-14-6-10(2)4-5-12(14)15(13)19/h4-7,11H,3,8-9H2,1-2H3,(H,17,19). The summed E-state index contributed by atoms with van der Waals surface area (Å²) < 4.78 is 5.43. The van der Waals surface area contributed by atoms with Crippen LogP contribution in [0.25, 0.3) is 10.9 Å². The molecule has 0 saturated carbocycles. The number of aromatic amines is 1. The van der Waals surface area contributed by atoms with Crippen LogP contribution in [0.3, 0.4) is 0 Å². The maximum absolute atomic E-state index is 12.4. The summed E-state index contributed by atoms with van der Waals surface area (Å²) in [5, 5.41) is 0.549. The zero-order valence-electron chi connectivity index (χ0n) is 12.2. The number of hydrogen-bond acceptors (Lipinski definition) is 3. The summed E-state index contributed by atoms with van der Waals surface area (Å²) in [6.45, 7) is 5.64. The third-order valence-electron chi connectivity index (χ3n) is 3.80. The molecule has 1 aliphatic heterocycles. The molecule has 5 heteroatoms. The van der Waals surface area contributed by atoms with Gasteiger partial charge < -0.3 is 14.6 Å². The van der Waals surface area contributed by atoms with Crippen molar-refractivity contribution in [2.45, 2.75) is 20.0 Å². The number of H-pyrrole nitrogens is 1. The van der Waals surface area contributed by atoms with Crippen LogP contribution in [0.15, 0.2) is 29.2 Å². The second kappa shape index (κ2) is 5.33. The number of amides is 1. The average Bonchev–Trinajstić information content (AvgIpc) is 2.42. The molecule has 1 fully saturated rings. The Balaban J connectivity index is 1.88. The van der Waals surface area contributed by atoms with Crippen LogP contribution in [0.1, 0.15) is 22.8 Å². The number of aromatic nitrogens is 1. The van der Waals surface area contributed by atoms with Gasteiger partial charge in [0.15, 0.2) is 0 Å². The molecule has 1 aromatic carbocycles. The van der Waals surface area contributed by atoms with Crippen molar-refractivity contribution in [3.05, 3.63) is 45.7 Å². The highest BCUT2D eigenvalue weighted by Gasteiger charge is 2.32. The van der Waals surface area contributed by atoms with Crippen LogP contribution in [0.2, 0.25) is 0 Å². The molecule has 0 spiro atoms. The summed E-state index contributed by atoms with van der Waals surface area (Å²) >= 11 is 0. The van der Waals surface area contributed by atoms with E-state index in [-0.39, 0.29) is 23.0 Å². The molecular formula is C16H18N2O3. The number of nitrogens with one attached hydrogen (secondary N) is 1. The molecule has 1 amide bonds. The number of benzene rings is 1. The van der Waals surface area contributed by atoms with Gasteiger partial charge in [-0.25, -0.2) is 0 Å². The zero-order chi connectivity index (χ0) is 15.0. The van der Waals surface area contributed by atoms with Crippen LogP contribution in [0.4, 0.5) is 0 Å². The highest BCUT2D eigenvalue weighted by atomic mass is 16.5. The van der Waals surface area contributed by atoms with Gasteiger partial charge in [-0.15, -0.1) is 0 Å². The van der Waals surface area contributed by atoms with E-state index in [2.05, 4.69) is 4.98 Å². The molecule has 0 atom stereocenters. The van der Waals surface area contributed by atoms with E-state index in [9.17, 15) is 9.59 Å². The predicted octanol–water partition coefficient (Wildman–Crippen LogP) is 1.70. The van der Waals surface area contributed by atoms with Gasteiger partial charge in [0.2, 0.25) is 5.43 Å². The number of carbonyl (C=O) groups is 1. The maximum atomic E-state index is 12.4. The molecule has 0 bridgehead atoms. The van der Waals surface area contributed by atoms with Crippen LogP contribution in [0.5, 0.6) is 0 Å². The fourth-order valence-electron chi connectivity index (χ4n) is 2.61. The lowest BCUT2D eigenvalue weighted by molar-refractivity contribution is -0.0378. The van der Waals surface area contributed by atoms with Gasteiger partial charge in [-0.2, -0.15) is 0 Å². The van der Waals surface area contributed by atoms with E-state index < -0.39 is 0 Å². The number of hydrogen-bond donors (Lipinski definition) is 1. The molecule has 0 aliphatic carbocycles. The Hall–Kier alpha value is -2.14. The van der Waals surface area contributed by atoms with E-state index >= 15 is 0 Å². The molecular weight excluding hydrogens is 268 g/mol. The van der Waals surface area contributed by atoms with Gasteiger partial charge in [-0.05, 0) is 31.5 Å². The number of aryl methyl sites for hydroxylation is 1. The number of carbonyl (C=O) groups excluding carboxylic acids is 1. The monoisotopic (exact) mass is 286 g/mol. The molecule has 0 radical (unpaired) electrons. The lowest BCUT2D eigenvalue weighted by atomic mass is 10.1. The lowest BCUT2D eigenvalue weighted by Crippen LogP contribution is -2.55. The van der Waals surface area contributed by atoms with Crippen molar-refractivity contribution in [2.75, 3.05) is 19.7 Å². The van der Waals surface area contributed by atoms with Gasteiger partial charge in [0.25, 0.3) is 5.91 Å². The normalized spacial score (nSPS) is 15.2. The molecule has 1 N–H and O–H groups in total. The molecule has 1 aliphatic rings. The summed E-state index contributed by atoms with van der Waals surface area (Å²) in [4.78, 5) is 29.5. The first-order chi connectivity index (χ1) is 10.1. The second-order valence-electron chi connectivity index (χ2n) is 5.37. The van der Waals surface area contributed by atoms with Gasteiger partial charge in [0.05, 0.1) is 6.10 Å². The van der Waals surface area contributed by atoms with Crippen LogP contribution in [-0.4, -0.2) is 41.6 Å². The third kappa shape index (κ3) is 2.45. The molecule has 2 heterocycles. The first-order valence-electron chi connectivity index (χ1n) is 7.13. The van der Waals surface area contributed by atoms with E-state index in [1.807, 2.05) is 26.0 Å². The molecule has 2 aromatic rings. The highest BCUT2D eigenvalue weighted by Crippen LogP contribution is 2.16. The minimum absolute atomic E-state index is 0.0983. The lowest BCUT2D eigenvalue weighted by Gasteiger charge is -2.38. The minimum Gasteiger partial charge on any atom is -0.375 e. The Bertz CT molecular complexity index is 745. The van der Waals surface area contributed by atoms with Crippen LogP contribution in [0, 0.1) is 6.92 Å². The fourth-order valence-corrected chi connectivity index (χ4v) is 2.61. The maximum Gasteiger partial charge on any atom is 0.259 e. The van der Waals surface area contributed by atoms with Gasteiger partial charge in [-0.1, -0.05) is 6.07 Å². The molecule has 5 nitrogen and oxygen atoms in total. The topological polar surface area (TPSA) is 62.4 Å². The second-order valence-corrected chi connectivity index (χ2v) is 5.37. The van der Waals surface area contributed by atoms with E-state index in [4.69, 9.17) is 4.74 Å². The summed E-state index contributed by atoms with van der Waals surface area (Å²) in [5.74, 6) is -0.227. The van der Waals surface area contributed by atoms with E-state index in [1.165, 1.54) is 6.20 Å². The molecule has 3 rings (SSSR count). The summed E-state index contributed by atoms with van der Waals surface area (Å²) in [5.41, 5.74) is 1.81. The first-order valence-corrected chi connectivity index (χ1v) is 7.13. The highest BCUT2D eigenvalue weighted by molar-refractivity contribution is 5.97. The van der Waals surface area contributed by atoms with Gasteiger partial charge in [0.1, 0.15) is 5.56 Å². The Labute approximate surface area is 122 Å². The quantitative estimate of drug-likeness (QED) is 0.934. The Morgan fingerprint density at radius 1 is 1.43 bits per heavy atom. The Morgan fingerprint density at radius 2 is 2.19 bits per heavy atom. The number of ether oxygens (including phenoxy) is 1. The zero-order valence-corrected chi connectivity index (χ0v) is 12.2. The predicted molar refractivity (Wildman–Crippen MR) is 80.6 cm³/mol. The molecule has 110 valence electrons. The van der Waals surface area contributed by atoms with Crippen molar-refractivity contribution in [1.29, 1.82) is 0 Å². The summed E-state index contributed by atoms with van der Waals surface area (Å²) in [6.07, 6.45) is 1.61. The molecule has 1 aromatic heterocycles. The number of rotatable bonds is 3. The Kier molecular flexibility index (Phi) is 3.51. The first kappa shape index (κ1) is 13.8. The van der Waals surface area contributed by atoms with Crippen LogP contribution < -0.4 is 5.43 Å². The molecule has 21 heavy (non-hydrogen) atoms. The van der Waals surface area contributed by atoms with E-state index in [0.29, 0.717) is 25.1 Å². The van der Waals surface area contributed by atoms with Gasteiger partial charge in [-0.3, -0.25) is 9.59 Å². The van der Waals surface area contributed by atoms with E-state index in [0.717, 1.165) is 11.1 Å². The van der Waals surface area contributed by atoms with Crippen molar-refractivity contribution in [2.24, 2.45) is 0 Å². The van der Waals surface area contributed by atoms with Gasteiger partial charge >= 0.3 is 0 Å². The largest absolute Gasteiger partial charge is 0.375 e. The van der Waals surface area contributed by atoms with Crippen LogP contribution in [-0.2, 0) is 4.74 Å².